The van der Waals surface area contributed by atoms with Crippen molar-refractivity contribution >= 4 is 23.5 Å². The van der Waals surface area contributed by atoms with Crippen molar-refractivity contribution in [1.82, 2.24) is 19.8 Å². The van der Waals surface area contributed by atoms with E-state index in [9.17, 15) is 4.79 Å². The van der Waals surface area contributed by atoms with Crippen LogP contribution >= 0.6 is 11.8 Å². The number of imidazole rings is 1. The molecule has 7 heteroatoms. The van der Waals surface area contributed by atoms with Crippen molar-refractivity contribution in [2.75, 3.05) is 43.9 Å². The van der Waals surface area contributed by atoms with E-state index in [2.05, 4.69) is 39.5 Å². The second kappa shape index (κ2) is 8.98. The summed E-state index contributed by atoms with van der Waals surface area (Å²) < 4.78 is 1.98. The number of hydrogen-bond donors (Lipinski definition) is 1. The summed E-state index contributed by atoms with van der Waals surface area (Å²) in [6.45, 7) is 3.50. The zero-order valence-electron chi connectivity index (χ0n) is 15.5. The quantitative estimate of drug-likeness (QED) is 0.599. The molecule has 0 radical (unpaired) electrons. The Balaban J connectivity index is 1.36. The number of thioether (sulfide) groups is 1. The van der Waals surface area contributed by atoms with Gasteiger partial charge in [-0.25, -0.2) is 9.78 Å². The summed E-state index contributed by atoms with van der Waals surface area (Å²) in [6, 6.07) is 10.5. The summed E-state index contributed by atoms with van der Waals surface area (Å²) in [4.78, 5) is 20.8. The van der Waals surface area contributed by atoms with E-state index in [4.69, 9.17) is 0 Å². The lowest BCUT2D eigenvalue weighted by molar-refractivity contribution is 0.203. The lowest BCUT2D eigenvalue weighted by Crippen LogP contribution is -2.41. The highest BCUT2D eigenvalue weighted by Gasteiger charge is 2.25. The van der Waals surface area contributed by atoms with Crippen LogP contribution in [0.1, 0.15) is 6.42 Å². The first-order chi connectivity index (χ1) is 12.6. The van der Waals surface area contributed by atoms with Crippen LogP contribution in [0.4, 0.5) is 10.5 Å². The summed E-state index contributed by atoms with van der Waals surface area (Å²) in [5.41, 5.74) is 1.27. The van der Waals surface area contributed by atoms with Gasteiger partial charge in [0.05, 0.1) is 0 Å². The highest BCUT2D eigenvalue weighted by Crippen LogP contribution is 2.23. The van der Waals surface area contributed by atoms with E-state index in [0.717, 1.165) is 37.0 Å². The molecule has 0 spiro atoms. The molecule has 2 amide bonds. The van der Waals surface area contributed by atoms with Gasteiger partial charge in [0.1, 0.15) is 0 Å². The summed E-state index contributed by atoms with van der Waals surface area (Å²) in [5.74, 6) is 1.34. The number of nitrogens with one attached hydrogen (secondary N) is 1. The van der Waals surface area contributed by atoms with E-state index in [1.54, 1.807) is 18.0 Å². The van der Waals surface area contributed by atoms with E-state index in [1.807, 2.05) is 35.8 Å². The van der Waals surface area contributed by atoms with Crippen LogP contribution in [-0.4, -0.2) is 59.5 Å². The van der Waals surface area contributed by atoms with Crippen LogP contribution < -0.4 is 10.2 Å². The molecule has 1 fully saturated rings. The van der Waals surface area contributed by atoms with Crippen molar-refractivity contribution in [1.29, 1.82) is 0 Å². The molecule has 1 aromatic carbocycles. The number of carbonyl (C=O) groups is 1. The third-order valence-corrected chi connectivity index (χ3v) is 5.73. The van der Waals surface area contributed by atoms with E-state index in [0.29, 0.717) is 12.5 Å². The molecule has 0 saturated carbocycles. The van der Waals surface area contributed by atoms with Crippen LogP contribution in [0.5, 0.6) is 0 Å². The lowest BCUT2D eigenvalue weighted by Gasteiger charge is -2.23. The van der Waals surface area contributed by atoms with Gasteiger partial charge in [-0.05, 0) is 24.5 Å². The highest BCUT2D eigenvalue weighted by atomic mass is 32.2. The van der Waals surface area contributed by atoms with Gasteiger partial charge in [-0.15, -0.1) is 0 Å². The predicted octanol–water partition coefficient (Wildman–Crippen LogP) is 2.68. The Hall–Kier alpha value is -2.15. The summed E-state index contributed by atoms with van der Waals surface area (Å²) >= 11 is 1.65. The van der Waals surface area contributed by atoms with E-state index < -0.39 is 0 Å². The molecule has 3 rings (SSSR count). The van der Waals surface area contributed by atoms with Crippen molar-refractivity contribution in [2.45, 2.75) is 11.6 Å². The maximum Gasteiger partial charge on any atom is 0.317 e. The summed E-state index contributed by atoms with van der Waals surface area (Å²) in [5, 5.41) is 3.97. The van der Waals surface area contributed by atoms with Crippen molar-refractivity contribution in [2.24, 2.45) is 13.0 Å². The minimum absolute atomic E-state index is 0.00333. The average molecular weight is 374 g/mol. The number of urea groups is 1. The Morgan fingerprint density at radius 3 is 2.92 bits per heavy atom. The minimum Gasteiger partial charge on any atom is -0.371 e. The van der Waals surface area contributed by atoms with Gasteiger partial charge in [0.25, 0.3) is 0 Å². The van der Waals surface area contributed by atoms with Gasteiger partial charge < -0.3 is 19.7 Å². The first-order valence-electron chi connectivity index (χ1n) is 9.02. The standard InChI is InChI=1S/C19H27N5OS/c1-22-12-9-21-19(22)26-13-10-20-18(25)23(2)14-16-8-11-24(15-16)17-6-4-3-5-7-17/h3-7,9,12,16H,8,10-11,13-15H2,1-2H3,(H,20,25). The Bertz CT molecular complexity index is 705. The van der Waals surface area contributed by atoms with E-state index in [1.165, 1.54) is 5.69 Å². The van der Waals surface area contributed by atoms with Gasteiger partial charge in [0.2, 0.25) is 0 Å². The molecule has 6 nitrogen and oxygen atoms in total. The molecule has 1 aliphatic heterocycles. The fourth-order valence-electron chi connectivity index (χ4n) is 3.25. The molecule has 0 bridgehead atoms. The number of rotatable bonds is 7. The first-order valence-corrected chi connectivity index (χ1v) is 10.0. The Kier molecular flexibility index (Phi) is 6.44. The van der Waals surface area contributed by atoms with Gasteiger partial charge in [0, 0.05) is 64.1 Å². The smallest absolute Gasteiger partial charge is 0.317 e. The summed E-state index contributed by atoms with van der Waals surface area (Å²) in [6.07, 6.45) is 4.84. The zero-order chi connectivity index (χ0) is 18.4. The number of benzene rings is 1. The number of amides is 2. The van der Waals surface area contributed by atoms with Crippen molar-refractivity contribution in [3.8, 4) is 0 Å². The zero-order valence-corrected chi connectivity index (χ0v) is 16.3. The topological polar surface area (TPSA) is 53.4 Å². The molecule has 0 aliphatic carbocycles. The number of nitrogens with zero attached hydrogens (tertiary/aromatic N) is 4. The average Bonchev–Trinajstić information content (AvgIpc) is 3.28. The second-order valence-corrected chi connectivity index (χ2v) is 7.78. The number of anilines is 1. The SMILES string of the molecule is CN(CC1CCN(c2ccccc2)C1)C(=O)NCCSc1nccn1C. The van der Waals surface area contributed by atoms with Gasteiger partial charge in [-0.2, -0.15) is 0 Å². The Morgan fingerprint density at radius 1 is 1.38 bits per heavy atom. The molecule has 140 valence electrons. The molecule has 1 N–H and O–H groups in total. The summed E-state index contributed by atoms with van der Waals surface area (Å²) in [7, 11) is 3.86. The second-order valence-electron chi connectivity index (χ2n) is 6.72. The number of aromatic nitrogens is 2. The normalized spacial score (nSPS) is 16.7. The van der Waals surface area contributed by atoms with Crippen LogP contribution in [0.3, 0.4) is 0 Å². The van der Waals surface area contributed by atoms with Crippen LogP contribution in [-0.2, 0) is 7.05 Å². The molecule has 1 aliphatic rings. The maximum atomic E-state index is 12.3. The van der Waals surface area contributed by atoms with Gasteiger partial charge in [-0.3, -0.25) is 0 Å². The van der Waals surface area contributed by atoms with Crippen molar-refractivity contribution < 1.29 is 4.79 Å². The molecule has 1 aromatic heterocycles. The lowest BCUT2D eigenvalue weighted by atomic mass is 10.1. The number of hydrogen-bond acceptors (Lipinski definition) is 4. The molecule has 1 saturated heterocycles. The molecule has 26 heavy (non-hydrogen) atoms. The first kappa shape index (κ1) is 18.6. The third-order valence-electron chi connectivity index (χ3n) is 4.67. The van der Waals surface area contributed by atoms with Crippen LogP contribution in [0, 0.1) is 5.92 Å². The van der Waals surface area contributed by atoms with Gasteiger partial charge in [0.15, 0.2) is 5.16 Å². The monoisotopic (exact) mass is 373 g/mol. The molecular weight excluding hydrogens is 346 g/mol. The minimum atomic E-state index is 0.00333. The van der Waals surface area contributed by atoms with Crippen LogP contribution in [0.25, 0.3) is 0 Å². The highest BCUT2D eigenvalue weighted by molar-refractivity contribution is 7.99. The predicted molar refractivity (Wildman–Crippen MR) is 107 cm³/mol. The fraction of sp³-hybridized carbons (Fsp3) is 0.474. The number of para-hydroxylation sites is 1. The van der Waals surface area contributed by atoms with Gasteiger partial charge in [-0.1, -0.05) is 30.0 Å². The van der Waals surface area contributed by atoms with Crippen LogP contribution in [0.15, 0.2) is 47.9 Å². The molecular formula is C19H27N5OS. The molecule has 1 atom stereocenters. The number of aryl methyl sites for hydroxylation is 1. The van der Waals surface area contributed by atoms with Crippen LogP contribution in [0.2, 0.25) is 0 Å². The maximum absolute atomic E-state index is 12.3. The number of carbonyl (C=O) groups excluding carboxylic acids is 1. The Morgan fingerprint density at radius 2 is 2.19 bits per heavy atom. The molecule has 1 unspecified atom stereocenters. The van der Waals surface area contributed by atoms with Crippen molar-refractivity contribution in [3.63, 3.8) is 0 Å². The molecule has 2 aromatic rings. The third kappa shape index (κ3) is 4.94. The molecule has 2 heterocycles. The fourth-order valence-corrected chi connectivity index (χ4v) is 4.04. The van der Waals surface area contributed by atoms with E-state index >= 15 is 0 Å². The largest absolute Gasteiger partial charge is 0.371 e. The van der Waals surface area contributed by atoms with Crippen molar-refractivity contribution in [3.05, 3.63) is 42.7 Å². The van der Waals surface area contributed by atoms with Gasteiger partial charge >= 0.3 is 6.03 Å². The van der Waals surface area contributed by atoms with E-state index in [-0.39, 0.29) is 6.03 Å². The Labute approximate surface area is 159 Å².